The lowest BCUT2D eigenvalue weighted by atomic mass is 10.0. The predicted octanol–water partition coefficient (Wildman–Crippen LogP) is 1.07. The number of fused-ring (bicyclic) bond motifs is 1. The van der Waals surface area contributed by atoms with Gasteiger partial charge < -0.3 is 4.90 Å². The van der Waals surface area contributed by atoms with Crippen LogP contribution in [0.15, 0.2) is 0 Å². The maximum absolute atomic E-state index is 12.6. The molecule has 0 bridgehead atoms. The summed E-state index contributed by atoms with van der Waals surface area (Å²) in [7, 11) is 2.91. The van der Waals surface area contributed by atoms with Gasteiger partial charge in [0.15, 0.2) is 5.69 Å². The number of aryl methyl sites for hydroxylation is 1. The van der Waals surface area contributed by atoms with Gasteiger partial charge in [0.25, 0.3) is 5.91 Å². The fourth-order valence-corrected chi connectivity index (χ4v) is 1.86. The molecule has 0 radical (unpaired) electrons. The van der Waals surface area contributed by atoms with Crippen LogP contribution < -0.4 is 0 Å². The van der Waals surface area contributed by atoms with Gasteiger partial charge in [0.2, 0.25) is 0 Å². The van der Waals surface area contributed by atoms with Crippen LogP contribution in [0.5, 0.6) is 0 Å². The number of amides is 1. The highest BCUT2D eigenvalue weighted by Gasteiger charge is 2.41. The third kappa shape index (κ3) is 1.46. The lowest BCUT2D eigenvalue weighted by Gasteiger charge is -2.23. The van der Waals surface area contributed by atoms with E-state index < -0.39 is 17.8 Å². The van der Waals surface area contributed by atoms with Crippen molar-refractivity contribution in [2.75, 3.05) is 13.6 Å². The van der Waals surface area contributed by atoms with E-state index in [0.29, 0.717) is 6.54 Å². The van der Waals surface area contributed by atoms with E-state index in [4.69, 9.17) is 0 Å². The Kier molecular flexibility index (Phi) is 2.21. The van der Waals surface area contributed by atoms with Crippen molar-refractivity contribution in [3.8, 4) is 0 Å². The summed E-state index contributed by atoms with van der Waals surface area (Å²) in [6.45, 7) is 0.292. The number of aromatic nitrogens is 2. The summed E-state index contributed by atoms with van der Waals surface area (Å²) >= 11 is 0. The molecule has 88 valence electrons. The molecule has 0 fully saturated rings. The lowest BCUT2D eigenvalue weighted by Crippen LogP contribution is -2.35. The molecule has 2 rings (SSSR count). The van der Waals surface area contributed by atoms with Crippen LogP contribution in [0.1, 0.15) is 21.7 Å². The van der Waals surface area contributed by atoms with E-state index in [1.807, 2.05) is 0 Å². The quantitative estimate of drug-likeness (QED) is 0.672. The molecular weight excluding hydrogens is 223 g/mol. The van der Waals surface area contributed by atoms with Crippen molar-refractivity contribution in [1.82, 2.24) is 14.7 Å². The Balaban J connectivity index is 2.60. The highest BCUT2D eigenvalue weighted by atomic mass is 19.4. The molecule has 0 aliphatic carbocycles. The summed E-state index contributed by atoms with van der Waals surface area (Å²) in [6, 6.07) is 0. The molecule has 4 nitrogen and oxygen atoms in total. The molecule has 1 aliphatic rings. The Morgan fingerprint density at radius 2 is 1.94 bits per heavy atom. The van der Waals surface area contributed by atoms with E-state index in [9.17, 15) is 18.0 Å². The van der Waals surface area contributed by atoms with E-state index in [2.05, 4.69) is 5.10 Å². The molecule has 1 amide bonds. The number of carbonyl (C=O) groups is 1. The first kappa shape index (κ1) is 11.0. The van der Waals surface area contributed by atoms with Gasteiger partial charge in [-0.15, -0.1) is 0 Å². The first-order valence-corrected chi connectivity index (χ1v) is 4.71. The Morgan fingerprint density at radius 3 is 2.50 bits per heavy atom. The molecule has 2 heterocycles. The third-order valence-electron chi connectivity index (χ3n) is 2.66. The van der Waals surface area contributed by atoms with Crippen LogP contribution in [0.2, 0.25) is 0 Å². The van der Waals surface area contributed by atoms with Crippen LogP contribution in [-0.2, 0) is 19.6 Å². The predicted molar refractivity (Wildman–Crippen MR) is 48.9 cm³/mol. The summed E-state index contributed by atoms with van der Waals surface area (Å²) in [6.07, 6.45) is -4.30. The van der Waals surface area contributed by atoms with Gasteiger partial charge in [-0.1, -0.05) is 0 Å². The fourth-order valence-electron chi connectivity index (χ4n) is 1.86. The van der Waals surface area contributed by atoms with Gasteiger partial charge in [0.1, 0.15) is 5.69 Å². The average molecular weight is 233 g/mol. The Bertz CT molecular complexity index is 450. The van der Waals surface area contributed by atoms with Crippen molar-refractivity contribution in [2.24, 2.45) is 7.05 Å². The van der Waals surface area contributed by atoms with Crippen LogP contribution in [0, 0.1) is 0 Å². The van der Waals surface area contributed by atoms with Gasteiger partial charge in [-0.05, 0) is 6.42 Å². The summed E-state index contributed by atoms with van der Waals surface area (Å²) in [5, 5.41) is 3.39. The van der Waals surface area contributed by atoms with Gasteiger partial charge in [0, 0.05) is 26.2 Å². The number of carbonyl (C=O) groups excluding carboxylic acids is 1. The van der Waals surface area contributed by atoms with Crippen LogP contribution in [0.3, 0.4) is 0 Å². The molecule has 1 aromatic heterocycles. The summed E-state index contributed by atoms with van der Waals surface area (Å²) in [5.41, 5.74) is -0.884. The molecule has 16 heavy (non-hydrogen) atoms. The number of nitrogens with zero attached hydrogens (tertiary/aromatic N) is 3. The Morgan fingerprint density at radius 1 is 1.31 bits per heavy atom. The van der Waals surface area contributed by atoms with Crippen LogP contribution in [-0.4, -0.2) is 34.2 Å². The molecule has 1 aromatic rings. The normalized spacial score (nSPS) is 16.6. The van der Waals surface area contributed by atoms with Gasteiger partial charge in [-0.25, -0.2) is 0 Å². The highest BCUT2D eigenvalue weighted by molar-refractivity contribution is 5.95. The smallest absolute Gasteiger partial charge is 0.340 e. The van der Waals surface area contributed by atoms with Gasteiger partial charge in [-0.2, -0.15) is 18.3 Å². The Labute approximate surface area is 89.6 Å². The van der Waals surface area contributed by atoms with E-state index >= 15 is 0 Å². The van der Waals surface area contributed by atoms with Crippen molar-refractivity contribution >= 4 is 5.91 Å². The molecule has 0 saturated heterocycles. The van der Waals surface area contributed by atoms with Crippen LogP contribution in [0.4, 0.5) is 13.2 Å². The lowest BCUT2D eigenvalue weighted by molar-refractivity contribution is -0.142. The van der Waals surface area contributed by atoms with Crippen molar-refractivity contribution in [1.29, 1.82) is 0 Å². The second-order valence-electron chi connectivity index (χ2n) is 3.77. The molecule has 0 atom stereocenters. The maximum atomic E-state index is 12.6. The van der Waals surface area contributed by atoms with E-state index in [-0.39, 0.29) is 17.7 Å². The largest absolute Gasteiger partial charge is 0.435 e. The molecular formula is C9H10F3N3O. The number of hydrogen-bond acceptors (Lipinski definition) is 2. The van der Waals surface area contributed by atoms with Crippen molar-refractivity contribution < 1.29 is 18.0 Å². The second-order valence-corrected chi connectivity index (χ2v) is 3.77. The summed E-state index contributed by atoms with van der Waals surface area (Å²) in [5.74, 6) is -0.410. The van der Waals surface area contributed by atoms with Gasteiger partial charge in [0.05, 0.1) is 0 Å². The number of hydrogen-bond donors (Lipinski definition) is 0. The van der Waals surface area contributed by atoms with Crippen molar-refractivity contribution in [3.63, 3.8) is 0 Å². The molecule has 0 aromatic carbocycles. The van der Waals surface area contributed by atoms with Gasteiger partial charge >= 0.3 is 6.18 Å². The van der Waals surface area contributed by atoms with Crippen LogP contribution >= 0.6 is 0 Å². The monoisotopic (exact) mass is 233 g/mol. The number of rotatable bonds is 0. The van der Waals surface area contributed by atoms with E-state index in [1.54, 1.807) is 7.05 Å². The van der Waals surface area contributed by atoms with Crippen molar-refractivity contribution in [3.05, 3.63) is 17.0 Å². The minimum atomic E-state index is -4.50. The minimum absolute atomic E-state index is 0.0121. The zero-order valence-electron chi connectivity index (χ0n) is 8.80. The zero-order valence-corrected chi connectivity index (χ0v) is 8.80. The van der Waals surface area contributed by atoms with E-state index in [1.165, 1.54) is 11.9 Å². The van der Waals surface area contributed by atoms with Crippen LogP contribution in [0.25, 0.3) is 0 Å². The average Bonchev–Trinajstić information content (AvgIpc) is 2.50. The first-order valence-electron chi connectivity index (χ1n) is 4.71. The van der Waals surface area contributed by atoms with Gasteiger partial charge in [-0.3, -0.25) is 9.48 Å². The molecule has 0 saturated carbocycles. The second kappa shape index (κ2) is 3.23. The highest BCUT2D eigenvalue weighted by Crippen LogP contribution is 2.34. The summed E-state index contributed by atoms with van der Waals surface area (Å²) < 4.78 is 38.8. The summed E-state index contributed by atoms with van der Waals surface area (Å²) in [4.78, 5) is 13.1. The molecule has 0 unspecified atom stereocenters. The molecule has 0 N–H and O–H groups in total. The molecule has 7 heteroatoms. The topological polar surface area (TPSA) is 38.1 Å². The zero-order chi connectivity index (χ0) is 12.1. The third-order valence-corrected chi connectivity index (χ3v) is 2.66. The van der Waals surface area contributed by atoms with E-state index in [0.717, 1.165) is 4.68 Å². The Hall–Kier alpha value is -1.53. The minimum Gasteiger partial charge on any atom is -0.340 e. The van der Waals surface area contributed by atoms with Crippen molar-refractivity contribution in [2.45, 2.75) is 12.6 Å². The maximum Gasteiger partial charge on any atom is 0.435 e. The number of alkyl halides is 3. The molecule has 0 spiro atoms. The number of halogens is 3. The molecule has 1 aliphatic heterocycles. The SMILES string of the molecule is CN1CCc2c(C(F)(F)F)nn(C)c2C1=O. The standard InChI is InChI=1S/C9H10F3N3O/c1-14-4-3-5-6(8(14)16)15(2)13-7(5)9(10,11)12/h3-4H2,1-2H3. The number of likely N-dealkylation sites (N-methyl/N-ethyl adjacent to an activating group) is 1. The first-order chi connectivity index (χ1) is 7.32. The fraction of sp³-hybridized carbons (Fsp3) is 0.556.